The molecule has 1 unspecified atom stereocenters. The van der Waals surface area contributed by atoms with Gasteiger partial charge >= 0.3 is 0 Å². The number of hydrogen-bond acceptors (Lipinski definition) is 6. The lowest BCUT2D eigenvalue weighted by atomic mass is 10.0. The molecule has 8 heteroatoms. The Hall–Kier alpha value is -3.16. The van der Waals surface area contributed by atoms with Crippen molar-refractivity contribution in [1.29, 1.82) is 0 Å². The molecule has 3 aromatic heterocycles. The van der Waals surface area contributed by atoms with Gasteiger partial charge in [0.2, 0.25) is 5.88 Å². The number of hydrogen-bond donors (Lipinski definition) is 0. The number of fused-ring (bicyclic) bond motifs is 1. The zero-order valence-electron chi connectivity index (χ0n) is 14.6. The van der Waals surface area contributed by atoms with Gasteiger partial charge in [0.1, 0.15) is 12.4 Å². The maximum absolute atomic E-state index is 12.9. The van der Waals surface area contributed by atoms with Crippen LogP contribution in [0.4, 0.5) is 0 Å². The average Bonchev–Trinajstić information content (AvgIpc) is 3.25. The first-order valence-electron chi connectivity index (χ1n) is 8.39. The molecule has 8 nitrogen and oxygen atoms in total. The standard InChI is InChI=1S/C18H19N5O3/c1-12-7-14(21-26-12)18(24)23-9-15-16(22(2)11-20-15)8-13(23)10-25-17-5-3-4-6-19-17/h3-7,11,13H,8-10H2,1-2H3. The summed E-state index contributed by atoms with van der Waals surface area (Å²) in [5, 5.41) is 3.86. The number of carbonyl (C=O) groups excluding carboxylic acids is 1. The largest absolute Gasteiger partial charge is 0.475 e. The molecule has 0 saturated carbocycles. The van der Waals surface area contributed by atoms with Gasteiger partial charge in [-0.25, -0.2) is 9.97 Å². The van der Waals surface area contributed by atoms with Gasteiger partial charge in [0.25, 0.3) is 5.91 Å². The topological polar surface area (TPSA) is 86.3 Å². The second-order valence-electron chi connectivity index (χ2n) is 6.34. The van der Waals surface area contributed by atoms with Gasteiger partial charge in [-0.05, 0) is 13.0 Å². The fourth-order valence-corrected chi connectivity index (χ4v) is 3.14. The molecule has 0 bridgehead atoms. The van der Waals surface area contributed by atoms with Crippen LogP contribution < -0.4 is 4.74 Å². The summed E-state index contributed by atoms with van der Waals surface area (Å²) < 4.78 is 12.9. The summed E-state index contributed by atoms with van der Waals surface area (Å²) in [4.78, 5) is 23.3. The fraction of sp³-hybridized carbons (Fsp3) is 0.333. The summed E-state index contributed by atoms with van der Waals surface area (Å²) in [6.07, 6.45) is 4.10. The van der Waals surface area contributed by atoms with Crippen molar-refractivity contribution >= 4 is 5.91 Å². The van der Waals surface area contributed by atoms with E-state index in [9.17, 15) is 4.79 Å². The molecule has 134 valence electrons. The number of rotatable bonds is 4. The molecule has 0 saturated heterocycles. The third kappa shape index (κ3) is 3.05. The molecule has 1 atom stereocenters. The minimum Gasteiger partial charge on any atom is -0.475 e. The summed E-state index contributed by atoms with van der Waals surface area (Å²) >= 11 is 0. The van der Waals surface area contributed by atoms with Crippen LogP contribution in [0.5, 0.6) is 5.88 Å². The normalized spacial score (nSPS) is 16.4. The van der Waals surface area contributed by atoms with Crippen LogP contribution in [0.25, 0.3) is 0 Å². The minimum atomic E-state index is -0.187. The van der Waals surface area contributed by atoms with Crippen LogP contribution in [0, 0.1) is 6.92 Å². The summed E-state index contributed by atoms with van der Waals surface area (Å²) in [6.45, 7) is 2.51. The van der Waals surface area contributed by atoms with Gasteiger partial charge < -0.3 is 18.7 Å². The lowest BCUT2D eigenvalue weighted by Gasteiger charge is -2.34. The molecule has 0 spiro atoms. The number of aryl methyl sites for hydroxylation is 2. The van der Waals surface area contributed by atoms with Crippen LogP contribution in [0.15, 0.2) is 41.3 Å². The second-order valence-corrected chi connectivity index (χ2v) is 6.34. The Kier molecular flexibility index (Phi) is 4.16. The summed E-state index contributed by atoms with van der Waals surface area (Å²) in [5.74, 6) is 0.950. The molecule has 3 aromatic rings. The fourth-order valence-electron chi connectivity index (χ4n) is 3.14. The van der Waals surface area contributed by atoms with Crippen molar-refractivity contribution in [3.05, 3.63) is 59.6 Å². The molecule has 4 heterocycles. The highest BCUT2D eigenvalue weighted by atomic mass is 16.5. The van der Waals surface area contributed by atoms with Crippen molar-refractivity contribution in [2.24, 2.45) is 7.05 Å². The van der Waals surface area contributed by atoms with Gasteiger partial charge in [0, 0.05) is 37.5 Å². The Labute approximate surface area is 150 Å². The Morgan fingerprint density at radius 2 is 2.27 bits per heavy atom. The summed E-state index contributed by atoms with van der Waals surface area (Å²) in [5.41, 5.74) is 2.31. The van der Waals surface area contributed by atoms with Crippen molar-refractivity contribution in [2.45, 2.75) is 25.9 Å². The van der Waals surface area contributed by atoms with E-state index in [2.05, 4.69) is 15.1 Å². The number of imidazole rings is 1. The first kappa shape index (κ1) is 16.3. The molecule has 1 amide bonds. The Balaban J connectivity index is 1.59. The number of amides is 1. The van der Waals surface area contributed by atoms with Gasteiger partial charge in [0.15, 0.2) is 5.69 Å². The quantitative estimate of drug-likeness (QED) is 0.710. The van der Waals surface area contributed by atoms with Gasteiger partial charge in [-0.2, -0.15) is 0 Å². The molecule has 0 fully saturated rings. The molecule has 0 aromatic carbocycles. The maximum Gasteiger partial charge on any atom is 0.276 e. The molecule has 26 heavy (non-hydrogen) atoms. The highest BCUT2D eigenvalue weighted by molar-refractivity contribution is 5.92. The van der Waals surface area contributed by atoms with Gasteiger partial charge in [-0.15, -0.1) is 0 Å². The first-order chi connectivity index (χ1) is 12.6. The maximum atomic E-state index is 12.9. The predicted octanol–water partition coefficient (Wildman–Crippen LogP) is 1.76. The number of pyridine rings is 1. The lowest BCUT2D eigenvalue weighted by Crippen LogP contribution is -2.47. The Morgan fingerprint density at radius 1 is 1.38 bits per heavy atom. The molecule has 1 aliphatic heterocycles. The molecule has 1 aliphatic rings. The van der Waals surface area contributed by atoms with E-state index in [1.54, 1.807) is 36.5 Å². The number of aromatic nitrogens is 4. The van der Waals surface area contributed by atoms with Crippen LogP contribution in [0.1, 0.15) is 27.6 Å². The molecular weight excluding hydrogens is 334 g/mol. The van der Waals surface area contributed by atoms with Crippen LogP contribution in [0.3, 0.4) is 0 Å². The molecular formula is C18H19N5O3. The molecule has 4 rings (SSSR count). The van der Waals surface area contributed by atoms with E-state index in [1.165, 1.54) is 0 Å². The van der Waals surface area contributed by atoms with E-state index in [4.69, 9.17) is 9.26 Å². The van der Waals surface area contributed by atoms with E-state index in [-0.39, 0.29) is 11.9 Å². The third-order valence-corrected chi connectivity index (χ3v) is 4.50. The highest BCUT2D eigenvalue weighted by Gasteiger charge is 2.34. The molecule has 0 aliphatic carbocycles. The van der Waals surface area contributed by atoms with E-state index in [0.29, 0.717) is 36.9 Å². The van der Waals surface area contributed by atoms with E-state index >= 15 is 0 Å². The van der Waals surface area contributed by atoms with Gasteiger partial charge in [0.05, 0.1) is 24.6 Å². The zero-order valence-corrected chi connectivity index (χ0v) is 14.6. The van der Waals surface area contributed by atoms with Crippen molar-refractivity contribution in [2.75, 3.05) is 6.61 Å². The smallest absolute Gasteiger partial charge is 0.276 e. The minimum absolute atomic E-state index is 0.149. The second kappa shape index (κ2) is 6.62. The van der Waals surface area contributed by atoms with Crippen molar-refractivity contribution in [3.8, 4) is 5.88 Å². The lowest BCUT2D eigenvalue weighted by molar-refractivity contribution is 0.0544. The number of nitrogens with zero attached hydrogens (tertiary/aromatic N) is 5. The van der Waals surface area contributed by atoms with E-state index < -0.39 is 0 Å². The summed E-state index contributed by atoms with van der Waals surface area (Å²) in [6, 6.07) is 6.99. The van der Waals surface area contributed by atoms with E-state index in [0.717, 1.165) is 11.4 Å². The predicted molar refractivity (Wildman–Crippen MR) is 91.5 cm³/mol. The third-order valence-electron chi connectivity index (χ3n) is 4.50. The Bertz CT molecular complexity index is 918. The number of carbonyl (C=O) groups is 1. The zero-order chi connectivity index (χ0) is 18.1. The van der Waals surface area contributed by atoms with Gasteiger partial charge in [-0.3, -0.25) is 4.79 Å². The van der Waals surface area contributed by atoms with Crippen LogP contribution >= 0.6 is 0 Å². The van der Waals surface area contributed by atoms with E-state index in [1.807, 2.05) is 23.7 Å². The van der Waals surface area contributed by atoms with Crippen molar-refractivity contribution in [3.63, 3.8) is 0 Å². The van der Waals surface area contributed by atoms with Crippen LogP contribution in [0.2, 0.25) is 0 Å². The van der Waals surface area contributed by atoms with Crippen molar-refractivity contribution in [1.82, 2.24) is 24.6 Å². The van der Waals surface area contributed by atoms with Crippen molar-refractivity contribution < 1.29 is 14.1 Å². The molecule has 0 radical (unpaired) electrons. The Morgan fingerprint density at radius 3 is 3.00 bits per heavy atom. The van der Waals surface area contributed by atoms with Gasteiger partial charge in [-0.1, -0.05) is 11.2 Å². The highest BCUT2D eigenvalue weighted by Crippen LogP contribution is 2.24. The number of ether oxygens (including phenoxy) is 1. The van der Waals surface area contributed by atoms with Crippen LogP contribution in [-0.4, -0.2) is 43.1 Å². The summed E-state index contributed by atoms with van der Waals surface area (Å²) in [7, 11) is 1.96. The average molecular weight is 353 g/mol. The SMILES string of the molecule is Cc1cc(C(=O)N2Cc3ncn(C)c3CC2COc2ccccn2)no1. The monoisotopic (exact) mass is 353 g/mol. The first-order valence-corrected chi connectivity index (χ1v) is 8.39. The molecule has 0 N–H and O–H groups in total. The van der Waals surface area contributed by atoms with Crippen LogP contribution in [-0.2, 0) is 20.0 Å².